The minimum absolute atomic E-state index is 0.106. The summed E-state index contributed by atoms with van der Waals surface area (Å²) in [6.07, 6.45) is 4.92. The van der Waals surface area contributed by atoms with Crippen molar-refractivity contribution in [2.24, 2.45) is 0 Å². The SMILES string of the molecule is Cc1ccc(-n2ncc3c(NC4CCC(NS(=O)(=O)c5ccc(Cl)cc5)CC4)nc(C)nc32)cc1. The van der Waals surface area contributed by atoms with Crippen molar-refractivity contribution in [3.05, 3.63) is 71.1 Å². The number of benzene rings is 2. The second kappa shape index (κ2) is 9.56. The predicted molar refractivity (Wildman–Crippen MR) is 138 cm³/mol. The van der Waals surface area contributed by atoms with Crippen LogP contribution >= 0.6 is 11.6 Å². The summed E-state index contributed by atoms with van der Waals surface area (Å²) >= 11 is 5.88. The summed E-state index contributed by atoms with van der Waals surface area (Å²) < 4.78 is 30.1. The molecule has 1 aliphatic rings. The lowest BCUT2D eigenvalue weighted by Crippen LogP contribution is -2.40. The smallest absolute Gasteiger partial charge is 0.240 e. The number of rotatable bonds is 6. The highest BCUT2D eigenvalue weighted by atomic mass is 35.5. The molecule has 10 heteroatoms. The van der Waals surface area contributed by atoms with Gasteiger partial charge in [-0.25, -0.2) is 27.8 Å². The molecule has 0 amide bonds. The maximum Gasteiger partial charge on any atom is 0.240 e. The Balaban J connectivity index is 1.28. The van der Waals surface area contributed by atoms with Crippen molar-refractivity contribution in [2.45, 2.75) is 56.5 Å². The summed E-state index contributed by atoms with van der Waals surface area (Å²) in [4.78, 5) is 9.51. The van der Waals surface area contributed by atoms with Gasteiger partial charge in [0.2, 0.25) is 10.0 Å². The van der Waals surface area contributed by atoms with Gasteiger partial charge in [0.05, 0.1) is 22.2 Å². The standard InChI is InChI=1S/C25H27ClN6O2S/c1-16-3-11-21(12-4-16)32-25-23(15-27-32)24(28-17(2)29-25)30-19-7-9-20(10-8-19)31-35(33,34)22-13-5-18(26)6-14-22/h3-6,11-15,19-20,31H,7-10H2,1-2H3,(H,28,29,30). The summed E-state index contributed by atoms with van der Waals surface area (Å²) in [5, 5.41) is 9.50. The molecule has 5 rings (SSSR count). The third kappa shape index (κ3) is 5.17. The third-order valence-corrected chi connectivity index (χ3v) is 8.12. The molecule has 0 unspecified atom stereocenters. The first-order valence-electron chi connectivity index (χ1n) is 11.6. The van der Waals surface area contributed by atoms with Crippen LogP contribution in [0.3, 0.4) is 0 Å². The fraction of sp³-hybridized carbons (Fsp3) is 0.320. The molecule has 0 bridgehead atoms. The van der Waals surface area contributed by atoms with Gasteiger partial charge in [-0.2, -0.15) is 5.10 Å². The van der Waals surface area contributed by atoms with Gasteiger partial charge in [-0.05, 0) is 75.9 Å². The molecule has 35 heavy (non-hydrogen) atoms. The number of aryl methyl sites for hydroxylation is 2. The quantitative estimate of drug-likeness (QED) is 0.387. The van der Waals surface area contributed by atoms with E-state index in [1.807, 2.05) is 23.7 Å². The Kier molecular flexibility index (Phi) is 6.48. The first-order chi connectivity index (χ1) is 16.8. The molecule has 0 spiro atoms. The lowest BCUT2D eigenvalue weighted by molar-refractivity contribution is 0.387. The highest BCUT2D eigenvalue weighted by Gasteiger charge is 2.26. The molecule has 0 radical (unpaired) electrons. The molecule has 1 saturated carbocycles. The van der Waals surface area contributed by atoms with E-state index in [-0.39, 0.29) is 17.0 Å². The second-order valence-corrected chi connectivity index (χ2v) is 11.2. The normalized spacial score (nSPS) is 18.6. The number of fused-ring (bicyclic) bond motifs is 1. The molecule has 1 aliphatic carbocycles. The third-order valence-electron chi connectivity index (χ3n) is 6.33. The van der Waals surface area contributed by atoms with Gasteiger partial charge in [0.1, 0.15) is 11.6 Å². The van der Waals surface area contributed by atoms with Gasteiger partial charge in [0.25, 0.3) is 0 Å². The van der Waals surface area contributed by atoms with Gasteiger partial charge in [-0.1, -0.05) is 29.3 Å². The number of hydrogen-bond acceptors (Lipinski definition) is 6. The van der Waals surface area contributed by atoms with Crippen molar-refractivity contribution in [2.75, 3.05) is 5.32 Å². The van der Waals surface area contributed by atoms with E-state index in [2.05, 4.69) is 44.2 Å². The van der Waals surface area contributed by atoms with Crippen molar-refractivity contribution in [3.8, 4) is 5.69 Å². The number of hydrogen-bond donors (Lipinski definition) is 2. The Morgan fingerprint density at radius 3 is 2.26 bits per heavy atom. The Labute approximate surface area is 209 Å². The van der Waals surface area contributed by atoms with E-state index in [4.69, 9.17) is 11.6 Å². The van der Waals surface area contributed by atoms with Gasteiger partial charge in [0.15, 0.2) is 5.65 Å². The molecule has 4 aromatic rings. The molecule has 2 N–H and O–H groups in total. The maximum atomic E-state index is 12.7. The maximum absolute atomic E-state index is 12.7. The van der Waals surface area contributed by atoms with E-state index in [1.54, 1.807) is 18.3 Å². The molecule has 0 atom stereocenters. The van der Waals surface area contributed by atoms with E-state index in [1.165, 1.54) is 17.7 Å². The fourth-order valence-corrected chi connectivity index (χ4v) is 5.88. The van der Waals surface area contributed by atoms with E-state index < -0.39 is 10.0 Å². The van der Waals surface area contributed by atoms with Crippen LogP contribution in [-0.4, -0.2) is 40.2 Å². The highest BCUT2D eigenvalue weighted by molar-refractivity contribution is 7.89. The lowest BCUT2D eigenvalue weighted by atomic mass is 9.92. The number of halogens is 1. The molecule has 182 valence electrons. The van der Waals surface area contributed by atoms with Crippen LogP contribution in [-0.2, 0) is 10.0 Å². The van der Waals surface area contributed by atoms with Gasteiger partial charge < -0.3 is 5.32 Å². The summed E-state index contributed by atoms with van der Waals surface area (Å²) in [5.74, 6) is 1.43. The second-order valence-electron chi connectivity index (χ2n) is 9.02. The summed E-state index contributed by atoms with van der Waals surface area (Å²) in [6, 6.07) is 14.5. The predicted octanol–water partition coefficient (Wildman–Crippen LogP) is 4.79. The molecular weight excluding hydrogens is 484 g/mol. The number of nitrogens with one attached hydrogen (secondary N) is 2. The topological polar surface area (TPSA) is 102 Å². The first kappa shape index (κ1) is 23.7. The zero-order chi connectivity index (χ0) is 24.6. The van der Waals surface area contributed by atoms with Crippen molar-refractivity contribution >= 4 is 38.5 Å². The van der Waals surface area contributed by atoms with Gasteiger partial charge >= 0.3 is 0 Å². The van der Waals surface area contributed by atoms with Crippen LogP contribution in [0.25, 0.3) is 16.7 Å². The van der Waals surface area contributed by atoms with Crippen LogP contribution < -0.4 is 10.0 Å². The van der Waals surface area contributed by atoms with Crippen molar-refractivity contribution < 1.29 is 8.42 Å². The van der Waals surface area contributed by atoms with Gasteiger partial charge in [-0.15, -0.1) is 0 Å². The van der Waals surface area contributed by atoms with Gasteiger partial charge in [-0.3, -0.25) is 0 Å². The van der Waals surface area contributed by atoms with E-state index in [0.29, 0.717) is 10.8 Å². The monoisotopic (exact) mass is 510 g/mol. The Morgan fingerprint density at radius 1 is 0.914 bits per heavy atom. The number of nitrogens with zero attached hydrogens (tertiary/aromatic N) is 4. The minimum atomic E-state index is -3.57. The Bertz CT molecular complexity index is 1440. The first-order valence-corrected chi connectivity index (χ1v) is 13.5. The van der Waals surface area contributed by atoms with Crippen LogP contribution in [0.1, 0.15) is 37.1 Å². The van der Waals surface area contributed by atoms with Crippen LogP contribution in [0.5, 0.6) is 0 Å². The minimum Gasteiger partial charge on any atom is -0.367 e. The van der Waals surface area contributed by atoms with Crippen molar-refractivity contribution in [3.63, 3.8) is 0 Å². The highest BCUT2D eigenvalue weighted by Crippen LogP contribution is 2.28. The summed E-state index contributed by atoms with van der Waals surface area (Å²) in [6.45, 7) is 3.93. The van der Waals surface area contributed by atoms with E-state index in [0.717, 1.165) is 48.2 Å². The van der Waals surface area contributed by atoms with Crippen molar-refractivity contribution in [1.29, 1.82) is 0 Å². The zero-order valence-electron chi connectivity index (χ0n) is 19.6. The van der Waals surface area contributed by atoms with E-state index >= 15 is 0 Å². The molecular formula is C25H27ClN6O2S. The van der Waals surface area contributed by atoms with Crippen LogP contribution in [0.2, 0.25) is 5.02 Å². The Morgan fingerprint density at radius 2 is 1.57 bits per heavy atom. The Hall–Kier alpha value is -3.01. The molecule has 2 aromatic carbocycles. The average Bonchev–Trinajstić information content (AvgIpc) is 3.25. The van der Waals surface area contributed by atoms with Crippen LogP contribution in [0, 0.1) is 13.8 Å². The zero-order valence-corrected chi connectivity index (χ0v) is 21.1. The van der Waals surface area contributed by atoms with Crippen LogP contribution in [0.4, 0.5) is 5.82 Å². The average molecular weight is 511 g/mol. The van der Waals surface area contributed by atoms with Gasteiger partial charge in [0, 0.05) is 17.1 Å². The summed E-state index contributed by atoms with van der Waals surface area (Å²) in [5.41, 5.74) is 2.89. The van der Waals surface area contributed by atoms with Crippen molar-refractivity contribution in [1.82, 2.24) is 24.5 Å². The molecule has 2 aromatic heterocycles. The van der Waals surface area contributed by atoms with Crippen LogP contribution in [0.15, 0.2) is 59.6 Å². The molecule has 2 heterocycles. The molecule has 0 aliphatic heterocycles. The largest absolute Gasteiger partial charge is 0.367 e. The fourth-order valence-electron chi connectivity index (χ4n) is 4.45. The number of aromatic nitrogens is 4. The number of sulfonamides is 1. The molecule has 8 nitrogen and oxygen atoms in total. The number of anilines is 1. The molecule has 1 fully saturated rings. The summed E-state index contributed by atoms with van der Waals surface area (Å²) in [7, 11) is -3.57. The molecule has 0 saturated heterocycles. The van der Waals surface area contributed by atoms with E-state index in [9.17, 15) is 8.42 Å². The lowest BCUT2D eigenvalue weighted by Gasteiger charge is -2.30.